The van der Waals surface area contributed by atoms with E-state index in [1.807, 2.05) is 22.7 Å². The van der Waals surface area contributed by atoms with Gasteiger partial charge >= 0.3 is 0 Å². The first kappa shape index (κ1) is 9.19. The molecule has 0 atom stereocenters. The minimum atomic E-state index is 0.541. The van der Waals surface area contributed by atoms with Gasteiger partial charge in [0.1, 0.15) is 10.8 Å². The Balaban J connectivity index is 2.20. The summed E-state index contributed by atoms with van der Waals surface area (Å²) in [6.45, 7) is 0.541. The number of nitrogens with two attached hydrogens (primary N) is 1. The van der Waals surface area contributed by atoms with E-state index in [4.69, 9.17) is 17.3 Å². The van der Waals surface area contributed by atoms with Crippen LogP contribution >= 0.6 is 11.6 Å². The Bertz CT molecular complexity index is 514. The van der Waals surface area contributed by atoms with E-state index in [9.17, 15) is 0 Å². The lowest BCUT2D eigenvalue weighted by atomic mass is 10.3. The van der Waals surface area contributed by atoms with E-state index in [0.717, 1.165) is 22.1 Å². The van der Waals surface area contributed by atoms with Crippen molar-refractivity contribution in [1.82, 2.24) is 9.38 Å². The van der Waals surface area contributed by atoms with Crippen molar-refractivity contribution in [2.45, 2.75) is 25.3 Å². The third kappa shape index (κ3) is 1.43. The summed E-state index contributed by atoms with van der Waals surface area (Å²) in [5.41, 5.74) is 8.63. The first-order chi connectivity index (χ1) is 7.29. The van der Waals surface area contributed by atoms with Crippen LogP contribution in [0.3, 0.4) is 0 Å². The van der Waals surface area contributed by atoms with Crippen molar-refractivity contribution in [3.05, 3.63) is 34.7 Å². The molecule has 1 aliphatic rings. The smallest absolute Gasteiger partial charge is 0.138 e. The Hall–Kier alpha value is -1.06. The van der Waals surface area contributed by atoms with Crippen LogP contribution in [0.15, 0.2) is 18.3 Å². The molecule has 3 nitrogen and oxygen atoms in total. The number of fused-ring (bicyclic) bond motifs is 1. The van der Waals surface area contributed by atoms with E-state index in [-0.39, 0.29) is 0 Å². The molecule has 0 radical (unpaired) electrons. The second-order valence-electron chi connectivity index (χ2n) is 4.03. The lowest BCUT2D eigenvalue weighted by Crippen LogP contribution is -1.97. The van der Waals surface area contributed by atoms with E-state index >= 15 is 0 Å². The summed E-state index contributed by atoms with van der Waals surface area (Å²) in [7, 11) is 0. The Morgan fingerprint density at radius 2 is 2.33 bits per heavy atom. The Labute approximate surface area is 92.9 Å². The predicted octanol–water partition coefficient (Wildman–Crippen LogP) is 2.32. The van der Waals surface area contributed by atoms with Gasteiger partial charge in [0.05, 0.1) is 5.69 Å². The van der Waals surface area contributed by atoms with Gasteiger partial charge in [-0.3, -0.25) is 4.40 Å². The van der Waals surface area contributed by atoms with Crippen molar-refractivity contribution < 1.29 is 0 Å². The number of aromatic nitrogens is 2. The molecule has 2 heterocycles. The lowest BCUT2D eigenvalue weighted by molar-refractivity contribution is 1.05. The third-order valence-electron chi connectivity index (χ3n) is 2.86. The zero-order valence-electron chi connectivity index (χ0n) is 8.28. The second kappa shape index (κ2) is 3.22. The molecule has 0 saturated heterocycles. The second-order valence-corrected chi connectivity index (χ2v) is 4.39. The van der Waals surface area contributed by atoms with Crippen molar-refractivity contribution in [3.8, 4) is 0 Å². The van der Waals surface area contributed by atoms with Gasteiger partial charge in [-0.15, -0.1) is 0 Å². The van der Waals surface area contributed by atoms with E-state index in [1.54, 1.807) is 0 Å². The van der Waals surface area contributed by atoms with Crippen LogP contribution in [0.25, 0.3) is 5.65 Å². The van der Waals surface area contributed by atoms with Crippen molar-refractivity contribution in [2.24, 2.45) is 5.73 Å². The molecule has 0 bridgehead atoms. The minimum Gasteiger partial charge on any atom is -0.326 e. The monoisotopic (exact) mass is 221 g/mol. The van der Waals surface area contributed by atoms with Crippen LogP contribution in [-0.2, 0) is 6.54 Å². The largest absolute Gasteiger partial charge is 0.326 e. The SMILES string of the molecule is NCc1ccn2c(Cl)c(C3CC3)nc2c1. The fraction of sp³-hybridized carbons (Fsp3) is 0.364. The highest BCUT2D eigenvalue weighted by molar-refractivity contribution is 6.30. The normalized spacial score (nSPS) is 16.1. The number of nitrogens with zero attached hydrogens (tertiary/aromatic N) is 2. The van der Waals surface area contributed by atoms with Crippen molar-refractivity contribution in [3.63, 3.8) is 0 Å². The van der Waals surface area contributed by atoms with Gasteiger partial charge in [-0.1, -0.05) is 11.6 Å². The number of hydrogen-bond donors (Lipinski definition) is 1. The van der Waals surface area contributed by atoms with E-state index < -0.39 is 0 Å². The molecule has 1 aliphatic carbocycles. The zero-order chi connectivity index (χ0) is 10.4. The summed E-state index contributed by atoms with van der Waals surface area (Å²) >= 11 is 6.26. The average molecular weight is 222 g/mol. The molecule has 2 N–H and O–H groups in total. The molecular weight excluding hydrogens is 210 g/mol. The Morgan fingerprint density at radius 3 is 3.00 bits per heavy atom. The first-order valence-corrected chi connectivity index (χ1v) is 5.54. The van der Waals surface area contributed by atoms with Gasteiger partial charge in [0.25, 0.3) is 0 Å². The molecule has 2 aromatic heterocycles. The predicted molar refractivity (Wildman–Crippen MR) is 60.1 cm³/mol. The number of pyridine rings is 1. The lowest BCUT2D eigenvalue weighted by Gasteiger charge is -1.98. The summed E-state index contributed by atoms with van der Waals surface area (Å²) in [4.78, 5) is 4.56. The van der Waals surface area contributed by atoms with Crippen LogP contribution < -0.4 is 5.73 Å². The topological polar surface area (TPSA) is 43.3 Å². The first-order valence-electron chi connectivity index (χ1n) is 5.16. The summed E-state index contributed by atoms with van der Waals surface area (Å²) in [6, 6.07) is 3.98. The van der Waals surface area contributed by atoms with Gasteiger partial charge in [0.2, 0.25) is 0 Å². The maximum atomic E-state index is 6.26. The van der Waals surface area contributed by atoms with Gasteiger partial charge in [-0.05, 0) is 30.5 Å². The van der Waals surface area contributed by atoms with Crippen molar-refractivity contribution in [2.75, 3.05) is 0 Å². The molecule has 0 amide bonds. The molecule has 4 heteroatoms. The number of hydrogen-bond acceptors (Lipinski definition) is 2. The Kier molecular flexibility index (Phi) is 1.97. The zero-order valence-corrected chi connectivity index (χ0v) is 9.04. The van der Waals surface area contributed by atoms with Crippen LogP contribution in [0.2, 0.25) is 5.15 Å². The molecule has 3 rings (SSSR count). The van der Waals surface area contributed by atoms with Crippen LogP contribution in [0.5, 0.6) is 0 Å². The summed E-state index contributed by atoms with van der Waals surface area (Å²) in [6.07, 6.45) is 4.37. The number of imidazole rings is 1. The van der Waals surface area contributed by atoms with Crippen LogP contribution in [0, 0.1) is 0 Å². The standard InChI is InChI=1S/C11H12ClN3/c12-11-10(8-1-2-8)14-9-5-7(6-13)3-4-15(9)11/h3-5,8H,1-2,6,13H2. The molecule has 1 fully saturated rings. The number of rotatable bonds is 2. The highest BCUT2D eigenvalue weighted by Crippen LogP contribution is 2.42. The fourth-order valence-electron chi connectivity index (χ4n) is 1.82. The Morgan fingerprint density at radius 1 is 1.53 bits per heavy atom. The van der Waals surface area contributed by atoms with Crippen LogP contribution in [0.1, 0.15) is 30.0 Å². The third-order valence-corrected chi connectivity index (χ3v) is 3.23. The molecule has 2 aromatic rings. The molecule has 0 unspecified atom stereocenters. The maximum Gasteiger partial charge on any atom is 0.138 e. The van der Waals surface area contributed by atoms with Gasteiger partial charge in [0.15, 0.2) is 0 Å². The highest BCUT2D eigenvalue weighted by Gasteiger charge is 2.29. The van der Waals surface area contributed by atoms with E-state index in [0.29, 0.717) is 12.5 Å². The van der Waals surface area contributed by atoms with Crippen LogP contribution in [0.4, 0.5) is 0 Å². The summed E-state index contributed by atoms with van der Waals surface area (Å²) < 4.78 is 1.92. The van der Waals surface area contributed by atoms with E-state index in [2.05, 4.69) is 4.98 Å². The van der Waals surface area contributed by atoms with Gasteiger partial charge in [-0.25, -0.2) is 4.98 Å². The average Bonchev–Trinajstić information content (AvgIpc) is 3.04. The molecule has 15 heavy (non-hydrogen) atoms. The maximum absolute atomic E-state index is 6.26. The highest BCUT2D eigenvalue weighted by atomic mass is 35.5. The summed E-state index contributed by atoms with van der Waals surface area (Å²) in [5, 5.41) is 0.760. The minimum absolute atomic E-state index is 0.541. The van der Waals surface area contributed by atoms with E-state index in [1.165, 1.54) is 12.8 Å². The molecule has 78 valence electrons. The molecule has 0 spiro atoms. The number of halogens is 1. The summed E-state index contributed by atoms with van der Waals surface area (Å²) in [5.74, 6) is 0.582. The van der Waals surface area contributed by atoms with Crippen molar-refractivity contribution >= 4 is 17.2 Å². The molecule has 1 saturated carbocycles. The molecule has 0 aromatic carbocycles. The van der Waals surface area contributed by atoms with Crippen molar-refractivity contribution in [1.29, 1.82) is 0 Å². The molecule has 0 aliphatic heterocycles. The fourth-order valence-corrected chi connectivity index (χ4v) is 2.16. The molecular formula is C11H12ClN3. The quantitative estimate of drug-likeness (QED) is 0.846. The van der Waals surface area contributed by atoms with Gasteiger partial charge in [-0.2, -0.15) is 0 Å². The van der Waals surface area contributed by atoms with Gasteiger partial charge < -0.3 is 5.73 Å². The van der Waals surface area contributed by atoms with Crippen LogP contribution in [-0.4, -0.2) is 9.38 Å². The van der Waals surface area contributed by atoms with Gasteiger partial charge in [0, 0.05) is 18.7 Å².